The van der Waals surface area contributed by atoms with Crippen molar-refractivity contribution in [2.75, 3.05) is 6.61 Å². The average molecular weight is 906 g/mol. The summed E-state index contributed by atoms with van der Waals surface area (Å²) in [7, 11) is 0. The van der Waals surface area contributed by atoms with Gasteiger partial charge in [0.15, 0.2) is 0 Å². The van der Waals surface area contributed by atoms with Crippen LogP contribution in [0.4, 0.5) is 0 Å². The van der Waals surface area contributed by atoms with Crippen LogP contribution >= 0.6 is 0 Å². The van der Waals surface area contributed by atoms with Gasteiger partial charge in [0.25, 0.3) is 0 Å². The minimum atomic E-state index is -0.560. The summed E-state index contributed by atoms with van der Waals surface area (Å²) < 4.78 is 5.40. The minimum Gasteiger partial charge on any atom is -0.481 e. The molecule has 0 saturated heterocycles. The third-order valence-corrected chi connectivity index (χ3v) is 13.9. The number of rotatable bonds is 54. The van der Waals surface area contributed by atoms with E-state index in [-0.39, 0.29) is 11.9 Å². The van der Waals surface area contributed by atoms with E-state index in [0.717, 1.165) is 38.5 Å². The van der Waals surface area contributed by atoms with Crippen LogP contribution in [0.15, 0.2) is 0 Å². The Labute approximate surface area is 404 Å². The molecule has 0 spiro atoms. The van der Waals surface area contributed by atoms with E-state index in [1.54, 1.807) is 0 Å². The smallest absolute Gasteiger partial charge is 0.306 e. The van der Waals surface area contributed by atoms with Crippen molar-refractivity contribution in [3.63, 3.8) is 0 Å². The molecule has 0 amide bonds. The zero-order valence-corrected chi connectivity index (χ0v) is 44.7. The first-order valence-electron chi connectivity index (χ1n) is 29.9. The molecular weight excluding hydrogens is 785 g/mol. The summed E-state index contributed by atoms with van der Waals surface area (Å²) in [5, 5.41) is 9.52. The minimum absolute atomic E-state index is 0.0237. The Kier molecular flexibility index (Phi) is 60.9. The molecule has 1 atom stereocenters. The standard InChI is InChI=1S/2C30H60O2/c1-3-5-7-9-11-13-15-16-17-18-20-22-24-26-28-29(30(31)32)27-25-23-21-19-14-12-10-8-6-4-2;1-3-5-7-9-11-13-15-16-17-19-21-23-25-27-29-32-30(31)28-26-24-22-20-18-14-12-10-8-6-4-2/h29H,3-28H2,1-2H3,(H,31,32);3-29H2,1-2H3. The molecule has 64 heavy (non-hydrogen) atoms. The number of aliphatic carboxylic acids is 1. The van der Waals surface area contributed by atoms with Gasteiger partial charge in [-0.1, -0.05) is 329 Å². The normalized spacial score (nSPS) is 11.8. The zero-order valence-electron chi connectivity index (χ0n) is 44.7. The molecule has 1 N–H and O–H groups in total. The first kappa shape index (κ1) is 65.0. The van der Waals surface area contributed by atoms with Gasteiger partial charge in [-0.3, -0.25) is 9.59 Å². The van der Waals surface area contributed by atoms with Gasteiger partial charge < -0.3 is 9.84 Å². The Balaban J connectivity index is 0. The lowest BCUT2D eigenvalue weighted by Gasteiger charge is -2.12. The van der Waals surface area contributed by atoms with Gasteiger partial charge in [0.2, 0.25) is 0 Å². The summed E-state index contributed by atoms with van der Waals surface area (Å²) in [5.74, 6) is -0.632. The van der Waals surface area contributed by atoms with Crippen molar-refractivity contribution in [2.45, 2.75) is 362 Å². The van der Waals surface area contributed by atoms with E-state index in [4.69, 9.17) is 4.74 Å². The molecule has 0 saturated carbocycles. The van der Waals surface area contributed by atoms with Gasteiger partial charge in [-0.05, 0) is 25.7 Å². The van der Waals surface area contributed by atoms with E-state index < -0.39 is 5.97 Å². The van der Waals surface area contributed by atoms with E-state index in [2.05, 4.69) is 27.7 Å². The first-order valence-corrected chi connectivity index (χ1v) is 29.9. The van der Waals surface area contributed by atoms with Gasteiger partial charge in [-0.15, -0.1) is 0 Å². The third-order valence-electron chi connectivity index (χ3n) is 13.9. The fourth-order valence-corrected chi connectivity index (χ4v) is 9.34. The van der Waals surface area contributed by atoms with Crippen molar-refractivity contribution < 1.29 is 19.4 Å². The summed E-state index contributed by atoms with van der Waals surface area (Å²) in [5.41, 5.74) is 0. The number of esters is 1. The average Bonchev–Trinajstić information content (AvgIpc) is 3.29. The van der Waals surface area contributed by atoms with Crippen LogP contribution in [0.1, 0.15) is 362 Å². The molecule has 4 heteroatoms. The maximum atomic E-state index is 11.8. The van der Waals surface area contributed by atoms with E-state index in [1.165, 1.54) is 289 Å². The van der Waals surface area contributed by atoms with Crippen LogP contribution in [0.25, 0.3) is 0 Å². The van der Waals surface area contributed by atoms with Crippen molar-refractivity contribution in [3.05, 3.63) is 0 Å². The topological polar surface area (TPSA) is 63.6 Å². The second-order valence-electron chi connectivity index (χ2n) is 20.5. The highest BCUT2D eigenvalue weighted by molar-refractivity contribution is 5.70. The monoisotopic (exact) mass is 905 g/mol. The molecule has 0 bridgehead atoms. The number of hydrogen-bond acceptors (Lipinski definition) is 3. The van der Waals surface area contributed by atoms with Crippen LogP contribution in [-0.2, 0) is 14.3 Å². The van der Waals surface area contributed by atoms with Gasteiger partial charge in [-0.2, -0.15) is 0 Å². The predicted molar refractivity (Wildman–Crippen MR) is 285 cm³/mol. The van der Waals surface area contributed by atoms with Crippen molar-refractivity contribution in [3.8, 4) is 0 Å². The SMILES string of the molecule is CCCCCCCCCCCCCCCCC(CCCCCCCCCCCC)C(=O)O.CCCCCCCCCCCCCCCCOC(=O)CCCCCCCCCCCCC. The van der Waals surface area contributed by atoms with Crippen LogP contribution in [0.2, 0.25) is 0 Å². The number of carbonyl (C=O) groups excluding carboxylic acids is 1. The Morgan fingerprint density at radius 3 is 0.734 bits per heavy atom. The van der Waals surface area contributed by atoms with Gasteiger partial charge in [0.1, 0.15) is 0 Å². The summed E-state index contributed by atoms with van der Waals surface area (Å²) in [6.45, 7) is 9.74. The molecule has 0 heterocycles. The number of hydrogen-bond donors (Lipinski definition) is 1. The molecule has 0 aliphatic rings. The van der Waals surface area contributed by atoms with Crippen LogP contribution in [-0.4, -0.2) is 23.7 Å². The van der Waals surface area contributed by atoms with Crippen molar-refractivity contribution >= 4 is 11.9 Å². The molecule has 0 aromatic rings. The number of ether oxygens (including phenoxy) is 1. The molecule has 4 nitrogen and oxygen atoms in total. The molecular formula is C60H120O4. The highest BCUT2D eigenvalue weighted by atomic mass is 16.5. The Bertz CT molecular complexity index is 855. The third kappa shape index (κ3) is 59.0. The van der Waals surface area contributed by atoms with Crippen LogP contribution < -0.4 is 0 Å². The molecule has 0 rings (SSSR count). The summed E-state index contributed by atoms with van der Waals surface area (Å²) in [4.78, 5) is 23.4. The van der Waals surface area contributed by atoms with Crippen molar-refractivity contribution in [2.24, 2.45) is 5.92 Å². The number of carboxylic acids is 1. The van der Waals surface area contributed by atoms with Gasteiger partial charge >= 0.3 is 11.9 Å². The Morgan fingerprint density at radius 1 is 0.297 bits per heavy atom. The van der Waals surface area contributed by atoms with Crippen LogP contribution in [0.5, 0.6) is 0 Å². The lowest BCUT2D eigenvalue weighted by atomic mass is 9.94. The van der Waals surface area contributed by atoms with Gasteiger partial charge in [0, 0.05) is 6.42 Å². The molecule has 0 radical (unpaired) electrons. The van der Waals surface area contributed by atoms with E-state index in [0.29, 0.717) is 13.0 Å². The molecule has 0 aromatic heterocycles. The Hall–Kier alpha value is -1.06. The molecule has 1 unspecified atom stereocenters. The molecule has 0 aliphatic carbocycles. The van der Waals surface area contributed by atoms with E-state index in [9.17, 15) is 14.7 Å². The lowest BCUT2D eigenvalue weighted by molar-refractivity contribution is -0.144. The number of carboxylic acid groups (broad SMARTS) is 1. The van der Waals surface area contributed by atoms with Crippen LogP contribution in [0.3, 0.4) is 0 Å². The fraction of sp³-hybridized carbons (Fsp3) is 0.967. The maximum absolute atomic E-state index is 11.8. The summed E-state index contributed by atoms with van der Waals surface area (Å²) >= 11 is 0. The Morgan fingerprint density at radius 2 is 0.500 bits per heavy atom. The molecule has 0 fully saturated rings. The largest absolute Gasteiger partial charge is 0.481 e. The fourth-order valence-electron chi connectivity index (χ4n) is 9.34. The maximum Gasteiger partial charge on any atom is 0.306 e. The number of unbranched alkanes of at least 4 members (excludes halogenated alkanes) is 45. The summed E-state index contributed by atoms with van der Waals surface area (Å²) in [6.07, 6.45) is 68.3. The second-order valence-corrected chi connectivity index (χ2v) is 20.5. The molecule has 0 aliphatic heterocycles. The zero-order chi connectivity index (χ0) is 46.9. The highest BCUT2D eigenvalue weighted by Gasteiger charge is 2.16. The summed E-state index contributed by atoms with van der Waals surface area (Å²) in [6, 6.07) is 0. The lowest BCUT2D eigenvalue weighted by Crippen LogP contribution is -2.13. The van der Waals surface area contributed by atoms with E-state index in [1.807, 2.05) is 0 Å². The van der Waals surface area contributed by atoms with Gasteiger partial charge in [0.05, 0.1) is 12.5 Å². The first-order chi connectivity index (χ1) is 31.5. The van der Waals surface area contributed by atoms with Crippen molar-refractivity contribution in [1.29, 1.82) is 0 Å². The second kappa shape index (κ2) is 60.0. The van der Waals surface area contributed by atoms with Crippen molar-refractivity contribution in [1.82, 2.24) is 0 Å². The highest BCUT2D eigenvalue weighted by Crippen LogP contribution is 2.21. The molecule has 0 aromatic carbocycles. The molecule has 384 valence electrons. The van der Waals surface area contributed by atoms with Gasteiger partial charge in [-0.25, -0.2) is 0 Å². The van der Waals surface area contributed by atoms with E-state index >= 15 is 0 Å². The quantitative estimate of drug-likeness (QED) is 0.0488. The predicted octanol–water partition coefficient (Wildman–Crippen LogP) is 21.6. The van der Waals surface area contributed by atoms with Crippen LogP contribution in [0, 0.1) is 5.92 Å². The number of carbonyl (C=O) groups is 2.